The highest BCUT2D eigenvalue weighted by Crippen LogP contribution is 2.35. The number of rotatable bonds is 5. The van der Waals surface area contributed by atoms with Crippen LogP contribution in [0.1, 0.15) is 35.8 Å². The third-order valence-corrected chi connectivity index (χ3v) is 3.70. The van der Waals surface area contributed by atoms with E-state index in [4.69, 9.17) is 9.47 Å². The molecule has 0 aliphatic rings. The van der Waals surface area contributed by atoms with E-state index in [1.54, 1.807) is 38.4 Å². The Bertz CT molecular complexity index is 620. The van der Waals surface area contributed by atoms with Gasteiger partial charge in [0, 0.05) is 18.6 Å². The zero-order valence-electron chi connectivity index (χ0n) is 12.5. The molecule has 0 fully saturated rings. The van der Waals surface area contributed by atoms with Crippen LogP contribution in [-0.4, -0.2) is 24.4 Å². The van der Waals surface area contributed by atoms with Gasteiger partial charge < -0.3 is 14.8 Å². The van der Waals surface area contributed by atoms with Gasteiger partial charge in [0.15, 0.2) is 0 Å². The number of methoxy groups -OCH3 is 1. The van der Waals surface area contributed by atoms with E-state index in [1.165, 1.54) is 11.5 Å². The topological polar surface area (TPSA) is 60.5 Å². The molecule has 1 aromatic carbocycles. The van der Waals surface area contributed by atoms with Gasteiger partial charge in [0.25, 0.3) is 5.91 Å². The average Bonchev–Trinajstić information content (AvgIpc) is 2.91. The maximum absolute atomic E-state index is 12.1. The molecule has 1 heterocycles. The first-order valence-corrected chi connectivity index (χ1v) is 7.37. The van der Waals surface area contributed by atoms with Crippen molar-refractivity contribution in [1.29, 1.82) is 0 Å². The first-order chi connectivity index (χ1) is 10.1. The summed E-state index contributed by atoms with van der Waals surface area (Å²) in [7, 11) is 3.21. The molecule has 0 radical (unpaired) electrons. The smallest absolute Gasteiger partial charge is 0.257 e. The van der Waals surface area contributed by atoms with Crippen LogP contribution in [0.4, 0.5) is 0 Å². The summed E-state index contributed by atoms with van der Waals surface area (Å²) in [6, 6.07) is 7.20. The van der Waals surface area contributed by atoms with Crippen LogP contribution in [0.25, 0.3) is 0 Å². The van der Waals surface area contributed by atoms with Crippen LogP contribution >= 0.6 is 11.5 Å². The first-order valence-electron chi connectivity index (χ1n) is 6.60. The Morgan fingerprint density at radius 2 is 1.86 bits per heavy atom. The number of carbonyl (C=O) groups is 1. The standard InChI is InChI=1S/C15H18N2O3S/c1-9(2)13-12(14(18)16-3)15(21-17-13)20-11-7-5-10(19-4)6-8-11/h5-9H,1-4H3,(H,16,18). The van der Waals surface area contributed by atoms with Crippen molar-refractivity contribution in [2.45, 2.75) is 19.8 Å². The molecule has 0 bridgehead atoms. The van der Waals surface area contributed by atoms with Crippen molar-refractivity contribution in [3.8, 4) is 16.6 Å². The van der Waals surface area contributed by atoms with Crippen molar-refractivity contribution < 1.29 is 14.3 Å². The zero-order chi connectivity index (χ0) is 15.4. The van der Waals surface area contributed by atoms with Gasteiger partial charge in [0.1, 0.15) is 17.1 Å². The predicted molar refractivity (Wildman–Crippen MR) is 82.7 cm³/mol. The molecule has 1 aromatic heterocycles. The van der Waals surface area contributed by atoms with Crippen molar-refractivity contribution in [3.05, 3.63) is 35.5 Å². The number of ether oxygens (including phenoxy) is 2. The van der Waals surface area contributed by atoms with E-state index in [2.05, 4.69) is 9.69 Å². The molecule has 1 amide bonds. The average molecular weight is 306 g/mol. The van der Waals surface area contributed by atoms with Gasteiger partial charge in [-0.05, 0) is 30.2 Å². The molecule has 0 aliphatic heterocycles. The number of carbonyl (C=O) groups excluding carboxylic acids is 1. The van der Waals surface area contributed by atoms with Crippen LogP contribution < -0.4 is 14.8 Å². The van der Waals surface area contributed by atoms with Gasteiger partial charge in [-0.15, -0.1) is 0 Å². The second kappa shape index (κ2) is 6.58. The molecule has 0 unspecified atom stereocenters. The second-order valence-electron chi connectivity index (χ2n) is 4.74. The number of benzene rings is 1. The van der Waals surface area contributed by atoms with Crippen LogP contribution in [0.2, 0.25) is 0 Å². The van der Waals surface area contributed by atoms with Gasteiger partial charge in [-0.2, -0.15) is 4.37 Å². The quantitative estimate of drug-likeness (QED) is 0.919. The summed E-state index contributed by atoms with van der Waals surface area (Å²) in [4.78, 5) is 12.1. The highest BCUT2D eigenvalue weighted by atomic mass is 32.1. The first kappa shape index (κ1) is 15.3. The van der Waals surface area contributed by atoms with Crippen LogP contribution in [0.3, 0.4) is 0 Å². The fraction of sp³-hybridized carbons (Fsp3) is 0.333. The van der Waals surface area contributed by atoms with Gasteiger partial charge in [-0.1, -0.05) is 13.8 Å². The number of aromatic nitrogens is 1. The van der Waals surface area contributed by atoms with Crippen LogP contribution in [-0.2, 0) is 0 Å². The Morgan fingerprint density at radius 1 is 1.24 bits per heavy atom. The molecular formula is C15H18N2O3S. The number of nitrogens with one attached hydrogen (secondary N) is 1. The lowest BCUT2D eigenvalue weighted by Gasteiger charge is -2.08. The second-order valence-corrected chi connectivity index (χ2v) is 5.48. The monoisotopic (exact) mass is 306 g/mol. The van der Waals surface area contributed by atoms with E-state index in [1.807, 2.05) is 13.8 Å². The number of nitrogens with zero attached hydrogens (tertiary/aromatic N) is 1. The van der Waals surface area contributed by atoms with Crippen molar-refractivity contribution in [1.82, 2.24) is 9.69 Å². The molecule has 21 heavy (non-hydrogen) atoms. The Labute approximate surface area is 128 Å². The SMILES string of the molecule is CNC(=O)c1c(C(C)C)nsc1Oc1ccc(OC)cc1. The molecule has 0 saturated heterocycles. The van der Waals surface area contributed by atoms with E-state index in [-0.39, 0.29) is 11.8 Å². The summed E-state index contributed by atoms with van der Waals surface area (Å²) in [5.74, 6) is 1.36. The molecule has 112 valence electrons. The van der Waals surface area contributed by atoms with Crippen LogP contribution in [0, 0.1) is 0 Å². The number of hydrogen-bond acceptors (Lipinski definition) is 5. The fourth-order valence-corrected chi connectivity index (χ4v) is 2.74. The lowest BCUT2D eigenvalue weighted by Crippen LogP contribution is -2.19. The molecule has 5 nitrogen and oxygen atoms in total. The Kier molecular flexibility index (Phi) is 4.80. The van der Waals surface area contributed by atoms with Gasteiger partial charge in [-0.25, -0.2) is 0 Å². The molecule has 2 rings (SSSR count). The van der Waals surface area contributed by atoms with E-state index in [0.29, 0.717) is 16.4 Å². The molecule has 6 heteroatoms. The number of hydrogen-bond donors (Lipinski definition) is 1. The predicted octanol–water partition coefficient (Wildman–Crippen LogP) is 3.43. The minimum Gasteiger partial charge on any atom is -0.497 e. The molecule has 0 atom stereocenters. The molecular weight excluding hydrogens is 288 g/mol. The van der Waals surface area contributed by atoms with Crippen molar-refractivity contribution in [2.24, 2.45) is 0 Å². The molecule has 0 spiro atoms. The highest BCUT2D eigenvalue weighted by Gasteiger charge is 2.23. The molecule has 1 N–H and O–H groups in total. The van der Waals surface area contributed by atoms with Crippen molar-refractivity contribution in [2.75, 3.05) is 14.2 Å². The Morgan fingerprint density at radius 3 is 2.38 bits per heavy atom. The maximum atomic E-state index is 12.1. The van der Waals surface area contributed by atoms with Crippen molar-refractivity contribution in [3.63, 3.8) is 0 Å². The summed E-state index contributed by atoms with van der Waals surface area (Å²) >= 11 is 1.19. The number of amides is 1. The normalized spacial score (nSPS) is 10.5. The van der Waals surface area contributed by atoms with Crippen LogP contribution in [0.5, 0.6) is 16.6 Å². The van der Waals surface area contributed by atoms with E-state index in [0.717, 1.165) is 11.4 Å². The van der Waals surface area contributed by atoms with Gasteiger partial charge in [0.2, 0.25) is 5.06 Å². The summed E-state index contributed by atoms with van der Waals surface area (Å²) in [6.07, 6.45) is 0. The van der Waals surface area contributed by atoms with Crippen molar-refractivity contribution >= 4 is 17.4 Å². The summed E-state index contributed by atoms with van der Waals surface area (Å²) in [6.45, 7) is 4.00. The molecule has 0 aliphatic carbocycles. The van der Waals surface area contributed by atoms with Gasteiger partial charge in [-0.3, -0.25) is 4.79 Å². The summed E-state index contributed by atoms with van der Waals surface area (Å²) in [5, 5.41) is 3.14. The molecule has 2 aromatic rings. The highest BCUT2D eigenvalue weighted by molar-refractivity contribution is 7.08. The van der Waals surface area contributed by atoms with E-state index in [9.17, 15) is 4.79 Å². The zero-order valence-corrected chi connectivity index (χ0v) is 13.3. The molecule has 0 saturated carbocycles. The Hall–Kier alpha value is -2.08. The lowest BCUT2D eigenvalue weighted by molar-refractivity contribution is 0.0960. The third kappa shape index (κ3) is 3.33. The van der Waals surface area contributed by atoms with Gasteiger partial charge >= 0.3 is 0 Å². The third-order valence-electron chi connectivity index (χ3n) is 2.96. The minimum atomic E-state index is -0.184. The fourth-order valence-electron chi connectivity index (χ4n) is 1.84. The largest absolute Gasteiger partial charge is 0.497 e. The maximum Gasteiger partial charge on any atom is 0.257 e. The van der Waals surface area contributed by atoms with Crippen LogP contribution in [0.15, 0.2) is 24.3 Å². The summed E-state index contributed by atoms with van der Waals surface area (Å²) < 4.78 is 15.3. The van der Waals surface area contributed by atoms with E-state index >= 15 is 0 Å². The van der Waals surface area contributed by atoms with Gasteiger partial charge in [0.05, 0.1) is 12.8 Å². The minimum absolute atomic E-state index is 0.154. The van der Waals surface area contributed by atoms with E-state index < -0.39 is 0 Å². The lowest BCUT2D eigenvalue weighted by atomic mass is 10.1. The summed E-state index contributed by atoms with van der Waals surface area (Å²) in [5.41, 5.74) is 1.26. The Balaban J connectivity index is 2.32.